The van der Waals surface area contributed by atoms with Gasteiger partial charge >= 0.3 is 0 Å². The lowest BCUT2D eigenvalue weighted by atomic mass is 9.95. The van der Waals surface area contributed by atoms with Crippen LogP contribution in [0, 0.1) is 17.7 Å². The predicted molar refractivity (Wildman–Crippen MR) is 69.0 cm³/mol. The first-order valence-corrected chi connectivity index (χ1v) is 5.84. The van der Waals surface area contributed by atoms with Crippen LogP contribution in [-0.2, 0) is 4.79 Å². The van der Waals surface area contributed by atoms with E-state index < -0.39 is 5.82 Å². The molecule has 0 aromatic heterocycles. The average molecular weight is 254 g/mol. The molecule has 0 bridgehead atoms. The lowest BCUT2D eigenvalue weighted by Crippen LogP contribution is -2.33. The zero-order valence-electron chi connectivity index (χ0n) is 10.9. The van der Waals surface area contributed by atoms with Gasteiger partial charge in [-0.1, -0.05) is 13.8 Å². The van der Waals surface area contributed by atoms with Crippen LogP contribution >= 0.6 is 0 Å². The second kappa shape index (κ2) is 6.35. The summed E-state index contributed by atoms with van der Waals surface area (Å²) in [6.07, 6.45) is 0. The lowest BCUT2D eigenvalue weighted by Gasteiger charge is -2.18. The molecule has 0 saturated carbocycles. The molecule has 5 heteroatoms. The number of amides is 1. The molecule has 0 saturated heterocycles. The van der Waals surface area contributed by atoms with Crippen molar-refractivity contribution >= 4 is 11.6 Å². The van der Waals surface area contributed by atoms with Gasteiger partial charge < -0.3 is 15.8 Å². The number of rotatable bonds is 5. The second-order valence-electron chi connectivity index (χ2n) is 4.42. The molecule has 0 fully saturated rings. The number of halogens is 1. The highest BCUT2D eigenvalue weighted by atomic mass is 19.1. The molecule has 0 aliphatic rings. The van der Waals surface area contributed by atoms with Crippen LogP contribution in [0.3, 0.4) is 0 Å². The van der Waals surface area contributed by atoms with Gasteiger partial charge in [0.2, 0.25) is 5.91 Å². The van der Waals surface area contributed by atoms with Crippen molar-refractivity contribution in [1.29, 1.82) is 0 Å². The third-order valence-electron chi connectivity index (χ3n) is 2.81. The average Bonchev–Trinajstić information content (AvgIpc) is 2.29. The van der Waals surface area contributed by atoms with Crippen molar-refractivity contribution in [3.8, 4) is 5.75 Å². The highest BCUT2D eigenvalue weighted by Gasteiger charge is 2.20. The minimum atomic E-state index is -0.510. The molecule has 0 spiro atoms. The number of hydrogen-bond donors (Lipinski definition) is 2. The summed E-state index contributed by atoms with van der Waals surface area (Å²) in [5, 5.41) is 2.65. The van der Waals surface area contributed by atoms with E-state index in [1.165, 1.54) is 19.2 Å². The van der Waals surface area contributed by atoms with Gasteiger partial charge in [-0.05, 0) is 18.1 Å². The Morgan fingerprint density at radius 3 is 2.61 bits per heavy atom. The van der Waals surface area contributed by atoms with Gasteiger partial charge in [0.25, 0.3) is 0 Å². The van der Waals surface area contributed by atoms with Gasteiger partial charge in [0, 0.05) is 18.3 Å². The van der Waals surface area contributed by atoms with E-state index in [2.05, 4.69) is 5.32 Å². The largest absolute Gasteiger partial charge is 0.494 e. The summed E-state index contributed by atoms with van der Waals surface area (Å²) in [5.41, 5.74) is 5.95. The number of carbonyl (C=O) groups excluding carboxylic acids is 1. The zero-order chi connectivity index (χ0) is 13.7. The fraction of sp³-hybridized carbons (Fsp3) is 0.462. The molecule has 0 radical (unpaired) electrons. The molecular weight excluding hydrogens is 235 g/mol. The summed E-state index contributed by atoms with van der Waals surface area (Å²) in [7, 11) is 1.39. The highest BCUT2D eigenvalue weighted by molar-refractivity contribution is 5.92. The molecule has 4 nitrogen and oxygen atoms in total. The molecule has 100 valence electrons. The van der Waals surface area contributed by atoms with Gasteiger partial charge in [-0.3, -0.25) is 4.79 Å². The molecular formula is C13H19FN2O2. The van der Waals surface area contributed by atoms with Crippen molar-refractivity contribution in [2.45, 2.75) is 13.8 Å². The Kier molecular flexibility index (Phi) is 5.09. The van der Waals surface area contributed by atoms with Gasteiger partial charge in [-0.2, -0.15) is 0 Å². The van der Waals surface area contributed by atoms with Crippen LogP contribution < -0.4 is 15.8 Å². The van der Waals surface area contributed by atoms with Crippen LogP contribution in [0.15, 0.2) is 18.2 Å². The highest BCUT2D eigenvalue weighted by Crippen LogP contribution is 2.21. The van der Waals surface area contributed by atoms with Crippen LogP contribution in [0.5, 0.6) is 5.75 Å². The van der Waals surface area contributed by atoms with E-state index in [0.29, 0.717) is 5.69 Å². The number of ether oxygens (including phenoxy) is 1. The maximum absolute atomic E-state index is 13.4. The molecule has 1 rings (SSSR count). The topological polar surface area (TPSA) is 64.3 Å². The molecule has 18 heavy (non-hydrogen) atoms. The number of methoxy groups -OCH3 is 1. The van der Waals surface area contributed by atoms with Crippen molar-refractivity contribution in [3.63, 3.8) is 0 Å². The van der Waals surface area contributed by atoms with Gasteiger partial charge in [0.05, 0.1) is 13.0 Å². The van der Waals surface area contributed by atoms with Crippen LogP contribution in [0.25, 0.3) is 0 Å². The fourth-order valence-corrected chi connectivity index (χ4v) is 1.66. The van der Waals surface area contributed by atoms with Crippen molar-refractivity contribution in [1.82, 2.24) is 0 Å². The second-order valence-corrected chi connectivity index (χ2v) is 4.42. The Bertz CT molecular complexity index is 421. The van der Waals surface area contributed by atoms with E-state index in [1.807, 2.05) is 13.8 Å². The number of benzene rings is 1. The number of carbonyl (C=O) groups is 1. The van der Waals surface area contributed by atoms with E-state index in [-0.39, 0.29) is 30.0 Å². The first-order chi connectivity index (χ1) is 8.49. The summed E-state index contributed by atoms with van der Waals surface area (Å²) in [6, 6.07) is 4.29. The molecule has 0 aliphatic heterocycles. The third kappa shape index (κ3) is 3.43. The Morgan fingerprint density at radius 2 is 2.17 bits per heavy atom. The molecule has 0 heterocycles. The molecule has 1 aromatic rings. The SMILES string of the molecule is COc1ccc(NC(=O)C(CN)C(C)C)cc1F. The zero-order valence-corrected chi connectivity index (χ0v) is 10.9. The standard InChI is InChI=1S/C13H19FN2O2/c1-8(2)10(7-15)13(17)16-9-4-5-12(18-3)11(14)6-9/h4-6,8,10H,7,15H2,1-3H3,(H,16,17). The van der Waals surface area contributed by atoms with Gasteiger partial charge in [-0.25, -0.2) is 4.39 Å². The monoisotopic (exact) mass is 254 g/mol. The molecule has 1 unspecified atom stereocenters. The molecule has 3 N–H and O–H groups in total. The molecule has 1 amide bonds. The predicted octanol–water partition coefficient (Wildman–Crippen LogP) is 2.00. The summed E-state index contributed by atoms with van der Waals surface area (Å²) in [5.74, 6) is -0.707. The Labute approximate surface area is 106 Å². The molecule has 0 aliphatic carbocycles. The van der Waals surface area contributed by atoms with E-state index in [0.717, 1.165) is 0 Å². The maximum atomic E-state index is 13.4. The first kappa shape index (κ1) is 14.4. The van der Waals surface area contributed by atoms with Crippen LogP contribution in [-0.4, -0.2) is 19.6 Å². The summed E-state index contributed by atoms with van der Waals surface area (Å²) in [4.78, 5) is 11.9. The maximum Gasteiger partial charge on any atom is 0.229 e. The number of nitrogens with one attached hydrogen (secondary N) is 1. The third-order valence-corrected chi connectivity index (χ3v) is 2.81. The van der Waals surface area contributed by atoms with E-state index >= 15 is 0 Å². The van der Waals surface area contributed by atoms with Gasteiger partial charge in [-0.15, -0.1) is 0 Å². The number of nitrogens with two attached hydrogens (primary N) is 1. The van der Waals surface area contributed by atoms with Crippen LogP contribution in [0.4, 0.5) is 10.1 Å². The van der Waals surface area contributed by atoms with Crippen LogP contribution in [0.1, 0.15) is 13.8 Å². The Balaban J connectivity index is 2.78. The number of anilines is 1. The Morgan fingerprint density at radius 1 is 1.50 bits per heavy atom. The van der Waals surface area contributed by atoms with Crippen molar-refractivity contribution in [2.75, 3.05) is 19.0 Å². The Hall–Kier alpha value is -1.62. The quantitative estimate of drug-likeness (QED) is 0.844. The van der Waals surface area contributed by atoms with Gasteiger partial charge in [0.15, 0.2) is 11.6 Å². The summed E-state index contributed by atoms with van der Waals surface area (Å²) in [6.45, 7) is 4.11. The smallest absolute Gasteiger partial charge is 0.229 e. The van der Waals surface area contributed by atoms with Crippen LogP contribution in [0.2, 0.25) is 0 Å². The van der Waals surface area contributed by atoms with E-state index in [1.54, 1.807) is 6.07 Å². The molecule has 1 atom stereocenters. The minimum absolute atomic E-state index is 0.137. The van der Waals surface area contributed by atoms with Crippen molar-refractivity contribution < 1.29 is 13.9 Å². The van der Waals surface area contributed by atoms with Crippen molar-refractivity contribution in [3.05, 3.63) is 24.0 Å². The van der Waals surface area contributed by atoms with E-state index in [4.69, 9.17) is 10.5 Å². The lowest BCUT2D eigenvalue weighted by molar-refractivity contribution is -0.120. The van der Waals surface area contributed by atoms with Crippen molar-refractivity contribution in [2.24, 2.45) is 17.6 Å². The minimum Gasteiger partial charge on any atom is -0.494 e. The number of hydrogen-bond acceptors (Lipinski definition) is 3. The normalized spacial score (nSPS) is 12.3. The van der Waals surface area contributed by atoms with E-state index in [9.17, 15) is 9.18 Å². The first-order valence-electron chi connectivity index (χ1n) is 5.84. The summed E-state index contributed by atoms with van der Waals surface area (Å²) >= 11 is 0. The molecule has 1 aromatic carbocycles. The van der Waals surface area contributed by atoms with Gasteiger partial charge in [0.1, 0.15) is 0 Å². The summed E-state index contributed by atoms with van der Waals surface area (Å²) < 4.78 is 18.2. The fourth-order valence-electron chi connectivity index (χ4n) is 1.66.